The SMILES string of the molecule is O=S(=O)(Nc1ccc(CN2CCCCC2)cc1)c1ccc(F)c(F)c1. The minimum Gasteiger partial charge on any atom is -0.299 e. The molecule has 2 aromatic rings. The molecular formula is C18H20F2N2O2S. The first kappa shape index (κ1) is 17.8. The van der Waals surface area contributed by atoms with E-state index in [1.54, 1.807) is 12.1 Å². The fraction of sp³-hybridized carbons (Fsp3) is 0.333. The van der Waals surface area contributed by atoms with Crippen LogP contribution in [-0.4, -0.2) is 26.4 Å². The molecule has 1 aliphatic heterocycles. The van der Waals surface area contributed by atoms with Crippen molar-refractivity contribution in [2.75, 3.05) is 17.8 Å². The number of likely N-dealkylation sites (tertiary alicyclic amines) is 1. The monoisotopic (exact) mass is 366 g/mol. The summed E-state index contributed by atoms with van der Waals surface area (Å²) in [5.74, 6) is -2.28. The van der Waals surface area contributed by atoms with Crippen LogP contribution in [0.3, 0.4) is 0 Å². The van der Waals surface area contributed by atoms with E-state index >= 15 is 0 Å². The summed E-state index contributed by atoms with van der Waals surface area (Å²) < 4.78 is 53.1. The molecule has 0 aliphatic carbocycles. The molecule has 4 nitrogen and oxygen atoms in total. The Morgan fingerprint density at radius 1 is 0.920 bits per heavy atom. The summed E-state index contributed by atoms with van der Waals surface area (Å²) in [6, 6.07) is 9.60. The molecule has 0 radical (unpaired) electrons. The van der Waals surface area contributed by atoms with Crippen LogP contribution in [0, 0.1) is 11.6 Å². The Labute approximate surface area is 146 Å². The summed E-state index contributed by atoms with van der Waals surface area (Å²) >= 11 is 0. The largest absolute Gasteiger partial charge is 0.299 e. The normalized spacial score (nSPS) is 15.9. The molecule has 25 heavy (non-hydrogen) atoms. The van der Waals surface area contributed by atoms with E-state index < -0.39 is 21.7 Å². The summed E-state index contributed by atoms with van der Waals surface area (Å²) in [6.07, 6.45) is 3.71. The fourth-order valence-corrected chi connectivity index (χ4v) is 3.98. The van der Waals surface area contributed by atoms with Crippen molar-refractivity contribution >= 4 is 15.7 Å². The number of piperidine rings is 1. The van der Waals surface area contributed by atoms with Crippen molar-refractivity contribution in [1.29, 1.82) is 0 Å². The summed E-state index contributed by atoms with van der Waals surface area (Å²) in [6.45, 7) is 3.02. The molecule has 0 atom stereocenters. The zero-order valence-electron chi connectivity index (χ0n) is 13.7. The third-order valence-electron chi connectivity index (χ3n) is 4.26. The first-order valence-electron chi connectivity index (χ1n) is 8.23. The maximum Gasteiger partial charge on any atom is 0.261 e. The van der Waals surface area contributed by atoms with Crippen LogP contribution in [0.5, 0.6) is 0 Å². The zero-order valence-corrected chi connectivity index (χ0v) is 14.5. The van der Waals surface area contributed by atoms with E-state index in [0.717, 1.165) is 37.3 Å². The summed E-state index contributed by atoms with van der Waals surface area (Å²) in [4.78, 5) is 2.06. The Morgan fingerprint density at radius 2 is 1.60 bits per heavy atom. The second-order valence-corrected chi connectivity index (χ2v) is 7.90. The number of anilines is 1. The van der Waals surface area contributed by atoms with Crippen LogP contribution in [0.15, 0.2) is 47.4 Å². The molecule has 1 aliphatic rings. The highest BCUT2D eigenvalue weighted by molar-refractivity contribution is 7.92. The van der Waals surface area contributed by atoms with Crippen molar-refractivity contribution in [3.8, 4) is 0 Å². The van der Waals surface area contributed by atoms with Crippen LogP contribution in [0.1, 0.15) is 24.8 Å². The Hall–Kier alpha value is -1.99. The van der Waals surface area contributed by atoms with E-state index in [9.17, 15) is 17.2 Å². The predicted molar refractivity (Wildman–Crippen MR) is 92.7 cm³/mol. The summed E-state index contributed by atoms with van der Waals surface area (Å²) in [5.41, 5.74) is 1.49. The number of benzene rings is 2. The number of rotatable bonds is 5. The van der Waals surface area contributed by atoms with Crippen LogP contribution in [0.25, 0.3) is 0 Å². The standard InChI is InChI=1S/C18H20F2N2O2S/c19-17-9-8-16(12-18(17)20)25(23,24)21-15-6-4-14(5-7-15)13-22-10-2-1-3-11-22/h4-9,12,21H,1-3,10-11,13H2. The maximum atomic E-state index is 13.3. The Bertz CT molecular complexity index is 833. The second-order valence-electron chi connectivity index (χ2n) is 6.22. The van der Waals surface area contributed by atoms with Gasteiger partial charge in [-0.2, -0.15) is 0 Å². The van der Waals surface area contributed by atoms with Gasteiger partial charge in [-0.25, -0.2) is 17.2 Å². The van der Waals surface area contributed by atoms with Gasteiger partial charge in [-0.3, -0.25) is 9.62 Å². The number of halogens is 2. The predicted octanol–water partition coefficient (Wildman–Crippen LogP) is 3.75. The van der Waals surface area contributed by atoms with Crippen molar-refractivity contribution in [1.82, 2.24) is 4.90 Å². The molecule has 0 aromatic heterocycles. The van der Waals surface area contributed by atoms with Crippen molar-refractivity contribution in [2.24, 2.45) is 0 Å². The number of sulfonamides is 1. The van der Waals surface area contributed by atoms with Gasteiger partial charge in [-0.05, 0) is 61.8 Å². The molecule has 7 heteroatoms. The van der Waals surface area contributed by atoms with Crippen molar-refractivity contribution in [3.05, 3.63) is 59.7 Å². The van der Waals surface area contributed by atoms with E-state index in [2.05, 4.69) is 9.62 Å². The highest BCUT2D eigenvalue weighted by Gasteiger charge is 2.17. The molecule has 1 fully saturated rings. The van der Waals surface area contributed by atoms with Crippen molar-refractivity contribution in [3.63, 3.8) is 0 Å². The first-order chi connectivity index (χ1) is 11.9. The molecule has 1 N–H and O–H groups in total. The Balaban J connectivity index is 1.68. The minimum atomic E-state index is -3.96. The van der Waals surface area contributed by atoms with Gasteiger partial charge in [0, 0.05) is 12.2 Å². The number of hydrogen-bond donors (Lipinski definition) is 1. The van der Waals surface area contributed by atoms with E-state index in [0.29, 0.717) is 11.8 Å². The lowest BCUT2D eigenvalue weighted by molar-refractivity contribution is 0.221. The fourth-order valence-electron chi connectivity index (χ4n) is 2.91. The number of nitrogens with one attached hydrogen (secondary N) is 1. The molecule has 134 valence electrons. The average Bonchev–Trinajstić information content (AvgIpc) is 2.60. The van der Waals surface area contributed by atoms with Gasteiger partial charge in [0.2, 0.25) is 0 Å². The van der Waals surface area contributed by atoms with Gasteiger partial charge in [0.1, 0.15) is 0 Å². The van der Waals surface area contributed by atoms with Crippen LogP contribution in [-0.2, 0) is 16.6 Å². The topological polar surface area (TPSA) is 49.4 Å². The molecule has 2 aromatic carbocycles. The molecule has 0 saturated carbocycles. The second kappa shape index (κ2) is 7.49. The van der Waals surface area contributed by atoms with E-state index in [4.69, 9.17) is 0 Å². The zero-order chi connectivity index (χ0) is 17.9. The first-order valence-corrected chi connectivity index (χ1v) is 9.71. The van der Waals surface area contributed by atoms with Gasteiger partial charge >= 0.3 is 0 Å². The molecule has 0 bridgehead atoms. The van der Waals surface area contributed by atoms with Crippen molar-refractivity contribution in [2.45, 2.75) is 30.7 Å². The van der Waals surface area contributed by atoms with Gasteiger partial charge in [0.25, 0.3) is 10.0 Å². The van der Waals surface area contributed by atoms with E-state index in [1.807, 2.05) is 12.1 Å². The summed E-state index contributed by atoms with van der Waals surface area (Å²) in [5, 5.41) is 0. The summed E-state index contributed by atoms with van der Waals surface area (Å²) in [7, 11) is -3.96. The average molecular weight is 366 g/mol. The lowest BCUT2D eigenvalue weighted by atomic mass is 10.1. The smallest absolute Gasteiger partial charge is 0.261 e. The van der Waals surface area contributed by atoms with Gasteiger partial charge in [-0.15, -0.1) is 0 Å². The molecule has 1 saturated heterocycles. The van der Waals surface area contributed by atoms with Crippen LogP contribution in [0.4, 0.5) is 14.5 Å². The minimum absolute atomic E-state index is 0.316. The number of nitrogens with zero attached hydrogens (tertiary/aromatic N) is 1. The maximum absolute atomic E-state index is 13.3. The Morgan fingerprint density at radius 3 is 2.24 bits per heavy atom. The molecule has 0 spiro atoms. The van der Waals surface area contributed by atoms with Gasteiger partial charge in [0.05, 0.1) is 4.90 Å². The molecular weight excluding hydrogens is 346 g/mol. The third-order valence-corrected chi connectivity index (χ3v) is 5.64. The third kappa shape index (κ3) is 4.55. The van der Waals surface area contributed by atoms with E-state index in [1.165, 1.54) is 19.3 Å². The quantitative estimate of drug-likeness (QED) is 0.877. The molecule has 0 amide bonds. The van der Waals surface area contributed by atoms with Gasteiger partial charge in [0.15, 0.2) is 11.6 Å². The van der Waals surface area contributed by atoms with Crippen LogP contribution >= 0.6 is 0 Å². The Kier molecular flexibility index (Phi) is 5.34. The highest BCUT2D eigenvalue weighted by Crippen LogP contribution is 2.20. The lowest BCUT2D eigenvalue weighted by Gasteiger charge is -2.26. The van der Waals surface area contributed by atoms with Crippen LogP contribution in [0.2, 0.25) is 0 Å². The lowest BCUT2D eigenvalue weighted by Crippen LogP contribution is -2.29. The van der Waals surface area contributed by atoms with Gasteiger partial charge in [-0.1, -0.05) is 18.6 Å². The van der Waals surface area contributed by atoms with Crippen molar-refractivity contribution < 1.29 is 17.2 Å². The van der Waals surface area contributed by atoms with Gasteiger partial charge < -0.3 is 0 Å². The molecule has 0 unspecified atom stereocenters. The van der Waals surface area contributed by atoms with Crippen LogP contribution < -0.4 is 4.72 Å². The van der Waals surface area contributed by atoms with E-state index in [-0.39, 0.29) is 4.90 Å². The molecule has 3 rings (SSSR count). The highest BCUT2D eigenvalue weighted by atomic mass is 32.2. The number of hydrogen-bond acceptors (Lipinski definition) is 3. The molecule has 1 heterocycles.